The van der Waals surface area contributed by atoms with Crippen LogP contribution in [0.5, 0.6) is 0 Å². The Morgan fingerprint density at radius 1 is 1.05 bits per heavy atom. The van der Waals surface area contributed by atoms with Gasteiger partial charge in [-0.1, -0.05) is 46.8 Å². The van der Waals surface area contributed by atoms with Gasteiger partial charge in [0.15, 0.2) is 17.4 Å². The van der Waals surface area contributed by atoms with Crippen LogP contribution in [0, 0.1) is 11.8 Å². The molecule has 0 aliphatic heterocycles. The Morgan fingerprint density at radius 2 is 1.63 bits per heavy atom. The second kappa shape index (κ2) is 8.89. The summed E-state index contributed by atoms with van der Waals surface area (Å²) in [6, 6.07) is 0. The second-order valence-corrected chi connectivity index (χ2v) is 5.00. The van der Waals surface area contributed by atoms with E-state index in [9.17, 15) is 8.78 Å². The molecule has 0 aromatic carbocycles. The molecule has 0 aromatic heterocycles. The van der Waals surface area contributed by atoms with Gasteiger partial charge < -0.3 is 4.74 Å². The summed E-state index contributed by atoms with van der Waals surface area (Å²) in [7, 11) is 0. The minimum Gasteiger partial charge on any atom is -0.491 e. The maximum Gasteiger partial charge on any atom is 0.200 e. The monoisotopic (exact) mass is 272 g/mol. The minimum absolute atomic E-state index is 0.0887. The molecule has 0 N–H and O–H groups in total. The molecule has 0 fully saturated rings. The van der Waals surface area contributed by atoms with Crippen molar-refractivity contribution in [3.63, 3.8) is 0 Å². The van der Waals surface area contributed by atoms with Crippen molar-refractivity contribution in [1.82, 2.24) is 0 Å². The van der Waals surface area contributed by atoms with Crippen LogP contribution in [0.3, 0.4) is 0 Å². The van der Waals surface area contributed by atoms with Gasteiger partial charge in [0.05, 0.1) is 6.61 Å². The summed E-state index contributed by atoms with van der Waals surface area (Å²) in [5.74, 6) is -1.74. The number of hydrogen-bond acceptors (Lipinski definition) is 1. The molecule has 110 valence electrons. The van der Waals surface area contributed by atoms with Crippen molar-refractivity contribution in [3.05, 3.63) is 36.1 Å². The number of allylic oxidation sites excluding steroid dienone is 3. The van der Waals surface area contributed by atoms with Crippen molar-refractivity contribution in [2.75, 3.05) is 6.61 Å². The lowest BCUT2D eigenvalue weighted by molar-refractivity contribution is 0.223. The first-order valence-corrected chi connectivity index (χ1v) is 6.91. The minimum atomic E-state index is -1.04. The molecule has 0 heterocycles. The second-order valence-electron chi connectivity index (χ2n) is 5.00. The summed E-state index contributed by atoms with van der Waals surface area (Å²) in [4.78, 5) is 0. The normalized spacial score (nSPS) is 15.5. The van der Waals surface area contributed by atoms with Crippen LogP contribution in [0.2, 0.25) is 0 Å². The van der Waals surface area contributed by atoms with E-state index in [1.54, 1.807) is 6.92 Å². The van der Waals surface area contributed by atoms with E-state index < -0.39 is 11.7 Å². The SMILES string of the molecule is C=C(OCC)/C(F)=C(/F)C(=C)C(C)CCC(C)CC. The lowest BCUT2D eigenvalue weighted by atomic mass is 9.91. The predicted octanol–water partition coefficient (Wildman–Crippen LogP) is 5.71. The van der Waals surface area contributed by atoms with Gasteiger partial charge >= 0.3 is 0 Å². The molecular formula is C16H26F2O. The van der Waals surface area contributed by atoms with Gasteiger partial charge in [-0.25, -0.2) is 4.39 Å². The molecular weight excluding hydrogens is 246 g/mol. The van der Waals surface area contributed by atoms with Crippen LogP contribution in [0.4, 0.5) is 8.78 Å². The van der Waals surface area contributed by atoms with E-state index in [2.05, 4.69) is 27.0 Å². The first-order chi connectivity index (χ1) is 8.84. The fourth-order valence-electron chi connectivity index (χ4n) is 1.63. The smallest absolute Gasteiger partial charge is 0.200 e. The van der Waals surface area contributed by atoms with Crippen molar-refractivity contribution in [2.45, 2.75) is 47.0 Å². The third-order valence-corrected chi connectivity index (χ3v) is 3.42. The highest BCUT2D eigenvalue weighted by molar-refractivity contribution is 5.33. The Kier molecular flexibility index (Phi) is 8.37. The molecule has 0 amide bonds. The molecule has 2 unspecified atom stereocenters. The van der Waals surface area contributed by atoms with Crippen LogP contribution >= 0.6 is 0 Å². The summed E-state index contributed by atoms with van der Waals surface area (Å²) in [6.45, 7) is 15.1. The maximum atomic E-state index is 13.9. The standard InChI is InChI=1S/C16H26F2O/c1-7-11(3)9-10-12(4)13(5)15(17)16(18)14(6)19-8-2/h11-12H,5-10H2,1-4H3/b16-15-. The summed E-state index contributed by atoms with van der Waals surface area (Å²) in [6.07, 6.45) is 2.88. The molecule has 0 radical (unpaired) electrons. The zero-order chi connectivity index (χ0) is 15.0. The van der Waals surface area contributed by atoms with Gasteiger partial charge in [0.25, 0.3) is 0 Å². The number of ether oxygens (including phenoxy) is 1. The van der Waals surface area contributed by atoms with Crippen molar-refractivity contribution in [3.8, 4) is 0 Å². The van der Waals surface area contributed by atoms with E-state index in [1.807, 2.05) is 6.92 Å². The van der Waals surface area contributed by atoms with Gasteiger partial charge in [0.2, 0.25) is 0 Å². The van der Waals surface area contributed by atoms with Crippen LogP contribution in [-0.2, 0) is 4.74 Å². The van der Waals surface area contributed by atoms with Gasteiger partial charge in [0.1, 0.15) is 0 Å². The Balaban J connectivity index is 4.62. The van der Waals surface area contributed by atoms with Crippen molar-refractivity contribution >= 4 is 0 Å². The summed E-state index contributed by atoms with van der Waals surface area (Å²) in [5, 5.41) is 0. The number of rotatable bonds is 9. The third-order valence-electron chi connectivity index (χ3n) is 3.42. The molecule has 0 aliphatic carbocycles. The average molecular weight is 272 g/mol. The lowest BCUT2D eigenvalue weighted by Gasteiger charge is -2.16. The van der Waals surface area contributed by atoms with Gasteiger partial charge in [-0.05, 0) is 30.8 Å². The molecule has 0 spiro atoms. The van der Waals surface area contributed by atoms with Crippen molar-refractivity contribution < 1.29 is 13.5 Å². The van der Waals surface area contributed by atoms with E-state index in [4.69, 9.17) is 4.74 Å². The van der Waals surface area contributed by atoms with E-state index in [0.717, 1.165) is 19.3 Å². The Labute approximate surface area is 116 Å². The average Bonchev–Trinajstić information content (AvgIpc) is 2.41. The van der Waals surface area contributed by atoms with Gasteiger partial charge in [0, 0.05) is 0 Å². The van der Waals surface area contributed by atoms with Crippen molar-refractivity contribution in [1.29, 1.82) is 0 Å². The number of halogens is 2. The fourth-order valence-corrected chi connectivity index (χ4v) is 1.63. The predicted molar refractivity (Wildman–Crippen MR) is 77.0 cm³/mol. The van der Waals surface area contributed by atoms with E-state index in [1.165, 1.54) is 0 Å². The largest absolute Gasteiger partial charge is 0.491 e. The number of hydrogen-bond donors (Lipinski definition) is 0. The molecule has 0 saturated carbocycles. The summed E-state index contributed by atoms with van der Waals surface area (Å²) < 4.78 is 32.4. The zero-order valence-electron chi connectivity index (χ0n) is 12.6. The third kappa shape index (κ3) is 6.04. The van der Waals surface area contributed by atoms with E-state index >= 15 is 0 Å². The summed E-state index contributed by atoms with van der Waals surface area (Å²) >= 11 is 0. The summed E-state index contributed by atoms with van der Waals surface area (Å²) in [5.41, 5.74) is 0.182. The molecule has 0 aromatic rings. The topological polar surface area (TPSA) is 9.23 Å². The van der Waals surface area contributed by atoms with Crippen molar-refractivity contribution in [2.24, 2.45) is 11.8 Å². The molecule has 3 heteroatoms. The quantitative estimate of drug-likeness (QED) is 0.386. The first-order valence-electron chi connectivity index (χ1n) is 6.91. The lowest BCUT2D eigenvalue weighted by Crippen LogP contribution is -2.04. The van der Waals surface area contributed by atoms with Crippen LogP contribution < -0.4 is 0 Å². The van der Waals surface area contributed by atoms with E-state index in [-0.39, 0.29) is 23.9 Å². The zero-order valence-corrected chi connectivity index (χ0v) is 12.6. The molecule has 0 aliphatic rings. The van der Waals surface area contributed by atoms with Gasteiger partial charge in [-0.3, -0.25) is 0 Å². The Hall–Kier alpha value is -1.12. The highest BCUT2D eigenvalue weighted by Gasteiger charge is 2.19. The molecule has 0 bridgehead atoms. The fraction of sp³-hybridized carbons (Fsp3) is 0.625. The highest BCUT2D eigenvalue weighted by atomic mass is 19.2. The molecule has 0 rings (SSSR count). The van der Waals surface area contributed by atoms with Crippen LogP contribution in [0.25, 0.3) is 0 Å². The Morgan fingerprint density at radius 3 is 2.11 bits per heavy atom. The maximum absolute atomic E-state index is 13.9. The molecule has 1 nitrogen and oxygen atoms in total. The van der Waals surface area contributed by atoms with Crippen LogP contribution in [-0.4, -0.2) is 6.61 Å². The van der Waals surface area contributed by atoms with Gasteiger partial charge in [-0.15, -0.1) is 0 Å². The molecule has 2 atom stereocenters. The van der Waals surface area contributed by atoms with Crippen LogP contribution in [0.1, 0.15) is 47.0 Å². The molecule has 0 saturated heterocycles. The first kappa shape index (κ1) is 17.9. The Bertz CT molecular complexity index is 345. The van der Waals surface area contributed by atoms with E-state index in [0.29, 0.717) is 5.92 Å². The highest BCUT2D eigenvalue weighted by Crippen LogP contribution is 2.30. The van der Waals surface area contributed by atoms with Gasteiger partial charge in [-0.2, -0.15) is 4.39 Å². The molecule has 19 heavy (non-hydrogen) atoms. The van der Waals surface area contributed by atoms with Crippen LogP contribution in [0.15, 0.2) is 36.1 Å².